The van der Waals surface area contributed by atoms with Crippen molar-refractivity contribution >= 4 is 11.0 Å². The van der Waals surface area contributed by atoms with E-state index in [2.05, 4.69) is 20.8 Å². The molecule has 3 rings (SSSR count). The lowest BCUT2D eigenvalue weighted by Crippen LogP contribution is -2.53. The molecule has 0 unspecified atom stereocenters. The van der Waals surface area contributed by atoms with E-state index >= 15 is 0 Å². The minimum atomic E-state index is -0.755. The highest BCUT2D eigenvalue weighted by Gasteiger charge is 2.49. The fraction of sp³-hybridized carbons (Fsp3) is 0.542. The summed E-state index contributed by atoms with van der Waals surface area (Å²) in [7, 11) is 0. The third kappa shape index (κ3) is 4.90. The van der Waals surface area contributed by atoms with Crippen molar-refractivity contribution < 1.29 is 19.4 Å². The van der Waals surface area contributed by atoms with Gasteiger partial charge in [0, 0.05) is 17.5 Å². The van der Waals surface area contributed by atoms with Crippen molar-refractivity contribution in [2.75, 3.05) is 6.61 Å². The first kappa shape index (κ1) is 21.6. The van der Waals surface area contributed by atoms with Gasteiger partial charge in [-0.15, -0.1) is 0 Å². The highest BCUT2D eigenvalue weighted by atomic mass is 16.5. The molecule has 2 N–H and O–H groups in total. The van der Waals surface area contributed by atoms with Gasteiger partial charge in [0.05, 0.1) is 11.7 Å². The molecular weight excluding hydrogens is 368 g/mol. The fourth-order valence-corrected chi connectivity index (χ4v) is 4.58. The number of hydrogen-bond donors (Lipinski definition) is 2. The zero-order valence-corrected chi connectivity index (χ0v) is 17.8. The van der Waals surface area contributed by atoms with Gasteiger partial charge in [-0.25, -0.2) is 4.79 Å². The van der Waals surface area contributed by atoms with E-state index in [1.807, 2.05) is 25.1 Å². The molecule has 3 atom stereocenters. The van der Waals surface area contributed by atoms with Gasteiger partial charge in [-0.05, 0) is 75.1 Å². The third-order valence-electron chi connectivity index (χ3n) is 6.54. The highest BCUT2D eigenvalue weighted by Crippen LogP contribution is 2.48. The molecule has 1 aliphatic carbocycles. The van der Waals surface area contributed by atoms with E-state index in [4.69, 9.17) is 9.15 Å². The summed E-state index contributed by atoms with van der Waals surface area (Å²) < 4.78 is 11.0. The van der Waals surface area contributed by atoms with E-state index in [9.17, 15) is 15.0 Å². The summed E-state index contributed by atoms with van der Waals surface area (Å²) in [6, 6.07) is 8.58. The molecule has 2 aromatic rings. The molecule has 0 bridgehead atoms. The van der Waals surface area contributed by atoms with Gasteiger partial charge in [-0.1, -0.05) is 19.4 Å². The summed E-state index contributed by atoms with van der Waals surface area (Å²) in [4.78, 5) is 11.4. The predicted molar refractivity (Wildman–Crippen MR) is 114 cm³/mol. The third-order valence-corrected chi connectivity index (χ3v) is 6.54. The van der Waals surface area contributed by atoms with Crippen molar-refractivity contribution in [3.05, 3.63) is 52.4 Å². The van der Waals surface area contributed by atoms with Gasteiger partial charge < -0.3 is 19.4 Å². The van der Waals surface area contributed by atoms with Gasteiger partial charge in [0.2, 0.25) is 0 Å². The average Bonchev–Trinajstić information content (AvgIpc) is 2.64. The van der Waals surface area contributed by atoms with Crippen LogP contribution >= 0.6 is 0 Å². The van der Waals surface area contributed by atoms with Gasteiger partial charge in [0.15, 0.2) is 0 Å². The van der Waals surface area contributed by atoms with E-state index in [1.165, 1.54) is 11.6 Å². The Labute approximate surface area is 172 Å². The van der Waals surface area contributed by atoms with Crippen molar-refractivity contribution in [2.45, 2.75) is 65.1 Å². The van der Waals surface area contributed by atoms with E-state index in [1.54, 1.807) is 12.1 Å². The lowest BCUT2D eigenvalue weighted by atomic mass is 9.59. The minimum Gasteiger partial charge on any atom is -0.489 e. The van der Waals surface area contributed by atoms with Crippen molar-refractivity contribution in [3.63, 3.8) is 0 Å². The molecule has 1 saturated carbocycles. The average molecular weight is 401 g/mol. The van der Waals surface area contributed by atoms with Gasteiger partial charge in [-0.3, -0.25) is 0 Å². The van der Waals surface area contributed by atoms with Crippen molar-refractivity contribution in [2.24, 2.45) is 11.3 Å². The highest BCUT2D eigenvalue weighted by molar-refractivity contribution is 5.77. The van der Waals surface area contributed by atoms with Crippen molar-refractivity contribution in [1.82, 2.24) is 0 Å². The molecule has 29 heavy (non-hydrogen) atoms. The first-order chi connectivity index (χ1) is 13.6. The van der Waals surface area contributed by atoms with Crippen LogP contribution in [0.2, 0.25) is 0 Å². The molecule has 0 radical (unpaired) electrons. The summed E-state index contributed by atoms with van der Waals surface area (Å²) in [6.07, 6.45) is 4.59. The van der Waals surface area contributed by atoms with Crippen LogP contribution < -0.4 is 10.4 Å². The normalized spacial score (nSPS) is 27.2. The van der Waals surface area contributed by atoms with Crippen LogP contribution in [0.3, 0.4) is 0 Å². The zero-order valence-electron chi connectivity index (χ0n) is 17.8. The summed E-state index contributed by atoms with van der Waals surface area (Å²) in [5, 5.41) is 22.1. The van der Waals surface area contributed by atoms with E-state index in [-0.39, 0.29) is 23.1 Å². The molecule has 1 aromatic heterocycles. The molecule has 0 amide bonds. The van der Waals surface area contributed by atoms with Crippen LogP contribution in [0.1, 0.15) is 53.4 Å². The molecule has 158 valence electrons. The standard InChI is InChI=1S/C24H32O5/c1-16(5-9-20-23(2,3)21(25)11-13-24(20,4)27)12-14-28-18-8-6-17-7-10-22(26)29-19(17)15-18/h6-8,10,12,15,20-21,25,27H,5,9,11,13-14H2,1-4H3/t20-,21-,24+/m1/s1. The summed E-state index contributed by atoms with van der Waals surface area (Å²) >= 11 is 0. The van der Waals surface area contributed by atoms with Crippen molar-refractivity contribution in [3.8, 4) is 5.75 Å². The Hall–Kier alpha value is -2.11. The molecule has 0 saturated heterocycles. The van der Waals surface area contributed by atoms with Crippen LogP contribution in [0, 0.1) is 11.3 Å². The number of hydrogen-bond acceptors (Lipinski definition) is 5. The number of fused-ring (bicyclic) bond motifs is 1. The van der Waals surface area contributed by atoms with Gasteiger partial charge in [-0.2, -0.15) is 0 Å². The second-order valence-corrected chi connectivity index (χ2v) is 9.14. The maximum Gasteiger partial charge on any atom is 0.336 e. The topological polar surface area (TPSA) is 79.9 Å². The second kappa shape index (κ2) is 8.33. The number of ether oxygens (including phenoxy) is 1. The molecule has 1 aromatic carbocycles. The Balaban J connectivity index is 1.58. The lowest BCUT2D eigenvalue weighted by molar-refractivity contribution is -0.145. The SMILES string of the molecule is CC(=CCOc1ccc2ccc(=O)oc2c1)CC[C@@H]1C(C)(C)[C@H](O)CC[C@]1(C)O. The van der Waals surface area contributed by atoms with Crippen molar-refractivity contribution in [1.29, 1.82) is 0 Å². The van der Waals surface area contributed by atoms with Gasteiger partial charge >= 0.3 is 5.63 Å². The Morgan fingerprint density at radius 3 is 2.76 bits per heavy atom. The van der Waals surface area contributed by atoms with E-state index in [0.717, 1.165) is 18.2 Å². The van der Waals surface area contributed by atoms with E-state index in [0.29, 0.717) is 30.8 Å². The maximum atomic E-state index is 11.4. The number of benzene rings is 1. The fourth-order valence-electron chi connectivity index (χ4n) is 4.58. The summed E-state index contributed by atoms with van der Waals surface area (Å²) in [6.45, 7) is 8.48. The molecule has 1 aliphatic rings. The Kier molecular flexibility index (Phi) is 6.20. The second-order valence-electron chi connectivity index (χ2n) is 9.14. The predicted octanol–water partition coefficient (Wildman–Crippen LogP) is 4.45. The largest absolute Gasteiger partial charge is 0.489 e. The van der Waals surface area contributed by atoms with Gasteiger partial charge in [0.1, 0.15) is 17.9 Å². The number of aliphatic hydroxyl groups excluding tert-OH is 1. The Bertz CT molecular complexity index is 938. The molecule has 5 nitrogen and oxygen atoms in total. The lowest BCUT2D eigenvalue weighted by Gasteiger charge is -2.51. The molecule has 0 spiro atoms. The van der Waals surface area contributed by atoms with Crippen LogP contribution in [0.4, 0.5) is 0 Å². The molecule has 0 aliphatic heterocycles. The van der Waals surface area contributed by atoms with Crippen LogP contribution in [-0.2, 0) is 0 Å². The maximum absolute atomic E-state index is 11.4. The van der Waals surface area contributed by atoms with Crippen LogP contribution in [0.5, 0.6) is 5.75 Å². The molecule has 1 heterocycles. The summed E-state index contributed by atoms with van der Waals surface area (Å²) in [5.74, 6) is 0.682. The molecule has 1 fully saturated rings. The van der Waals surface area contributed by atoms with Crippen LogP contribution in [0.15, 0.2) is 51.2 Å². The first-order valence-electron chi connectivity index (χ1n) is 10.3. The first-order valence-corrected chi connectivity index (χ1v) is 10.3. The minimum absolute atomic E-state index is 0.0337. The summed E-state index contributed by atoms with van der Waals surface area (Å²) in [5.41, 5.74) is 0.249. The molecular formula is C24H32O5. The number of allylic oxidation sites excluding steroid dienone is 1. The smallest absolute Gasteiger partial charge is 0.336 e. The zero-order chi connectivity index (χ0) is 21.2. The van der Waals surface area contributed by atoms with Crippen LogP contribution in [0.25, 0.3) is 11.0 Å². The Morgan fingerprint density at radius 2 is 2.00 bits per heavy atom. The number of rotatable bonds is 6. The van der Waals surface area contributed by atoms with Crippen LogP contribution in [-0.4, -0.2) is 28.5 Å². The quantitative estimate of drug-likeness (QED) is 0.553. The molecule has 5 heteroatoms. The monoisotopic (exact) mass is 400 g/mol. The van der Waals surface area contributed by atoms with Gasteiger partial charge in [0.25, 0.3) is 0 Å². The Morgan fingerprint density at radius 1 is 1.28 bits per heavy atom. The van der Waals surface area contributed by atoms with E-state index < -0.39 is 5.60 Å². The number of aliphatic hydroxyl groups is 2.